The molecule has 5 N–H and O–H groups in total. The lowest BCUT2D eigenvalue weighted by Crippen LogP contribution is -2.44. The number of piperazine rings is 1. The van der Waals surface area contributed by atoms with E-state index in [0.717, 1.165) is 31.9 Å². The Labute approximate surface area is 191 Å². The largest absolute Gasteiger partial charge is 0.393 e. The quantitative estimate of drug-likeness (QED) is 0.407. The van der Waals surface area contributed by atoms with Crippen LogP contribution in [0.5, 0.6) is 0 Å². The molecule has 0 spiro atoms. The molecule has 1 fully saturated rings. The maximum atomic E-state index is 12.0. The Hall–Kier alpha value is -3.62. The molecule has 10 nitrogen and oxygen atoms in total. The highest BCUT2D eigenvalue weighted by Gasteiger charge is 2.20. The number of hydrogen-bond donors (Lipinski definition) is 3. The summed E-state index contributed by atoms with van der Waals surface area (Å²) in [4.78, 5) is 26.9. The van der Waals surface area contributed by atoms with Crippen LogP contribution in [-0.2, 0) is 11.2 Å². The SMILES string of the molecule is Cc1cc(C#N)nc(N2CCN(S/C(N)=C/C=C(\N)NC(=O)Cc3ccccn3)CC2)n1. The molecule has 11 heteroatoms. The number of anilines is 1. The van der Waals surface area contributed by atoms with E-state index in [1.54, 1.807) is 36.5 Å². The van der Waals surface area contributed by atoms with Gasteiger partial charge in [0.05, 0.1) is 11.4 Å². The molecule has 0 saturated carbocycles. The number of pyridine rings is 1. The fourth-order valence-corrected chi connectivity index (χ4v) is 3.77. The van der Waals surface area contributed by atoms with Crippen LogP contribution in [0.3, 0.4) is 0 Å². The van der Waals surface area contributed by atoms with Crippen LogP contribution in [0.1, 0.15) is 17.1 Å². The van der Waals surface area contributed by atoms with Gasteiger partial charge >= 0.3 is 0 Å². The highest BCUT2D eigenvalue weighted by atomic mass is 32.2. The number of allylic oxidation sites excluding steroid dienone is 2. The summed E-state index contributed by atoms with van der Waals surface area (Å²) in [5, 5.41) is 12.3. The Morgan fingerprint density at radius 2 is 2.03 bits per heavy atom. The van der Waals surface area contributed by atoms with Crippen molar-refractivity contribution in [2.75, 3.05) is 31.1 Å². The Morgan fingerprint density at radius 3 is 2.72 bits per heavy atom. The maximum absolute atomic E-state index is 12.0. The average Bonchev–Trinajstić information content (AvgIpc) is 2.78. The number of nitrogens with zero attached hydrogens (tertiary/aromatic N) is 6. The lowest BCUT2D eigenvalue weighted by molar-refractivity contribution is -0.119. The lowest BCUT2D eigenvalue weighted by atomic mass is 10.2. The number of aryl methyl sites for hydroxylation is 1. The summed E-state index contributed by atoms with van der Waals surface area (Å²) in [6.07, 6.45) is 5.02. The van der Waals surface area contributed by atoms with E-state index < -0.39 is 0 Å². The highest BCUT2D eigenvalue weighted by molar-refractivity contribution is 8.00. The summed E-state index contributed by atoms with van der Waals surface area (Å²) in [6, 6.07) is 9.13. The lowest BCUT2D eigenvalue weighted by Gasteiger charge is -2.33. The maximum Gasteiger partial charge on any atom is 0.231 e. The van der Waals surface area contributed by atoms with Crippen LogP contribution in [0.4, 0.5) is 5.95 Å². The Balaban J connectivity index is 1.46. The minimum atomic E-state index is -0.244. The average molecular weight is 452 g/mol. The number of hydrogen-bond acceptors (Lipinski definition) is 10. The zero-order valence-electron chi connectivity index (χ0n) is 17.7. The molecule has 0 unspecified atom stereocenters. The van der Waals surface area contributed by atoms with E-state index >= 15 is 0 Å². The molecule has 2 aromatic heterocycles. The molecule has 0 aliphatic carbocycles. The molecule has 166 valence electrons. The number of amides is 1. The van der Waals surface area contributed by atoms with E-state index in [2.05, 4.69) is 35.5 Å². The monoisotopic (exact) mass is 451 g/mol. The summed E-state index contributed by atoms with van der Waals surface area (Å²) in [5.41, 5.74) is 13.8. The van der Waals surface area contributed by atoms with E-state index in [0.29, 0.717) is 22.4 Å². The molecule has 3 rings (SSSR count). The number of carbonyl (C=O) groups excluding carboxylic acids is 1. The second-order valence-corrected chi connectivity index (χ2v) is 8.22. The van der Waals surface area contributed by atoms with Gasteiger partial charge in [-0.15, -0.1) is 0 Å². The smallest absolute Gasteiger partial charge is 0.231 e. The molecule has 0 aromatic carbocycles. The molecule has 32 heavy (non-hydrogen) atoms. The molecule has 1 aliphatic heterocycles. The van der Waals surface area contributed by atoms with Crippen molar-refractivity contribution in [3.8, 4) is 6.07 Å². The van der Waals surface area contributed by atoms with Gasteiger partial charge in [-0.2, -0.15) is 5.26 Å². The van der Waals surface area contributed by atoms with Crippen LogP contribution in [0.15, 0.2) is 53.5 Å². The molecular weight excluding hydrogens is 426 g/mol. The first-order chi connectivity index (χ1) is 15.4. The predicted octanol–water partition coefficient (Wildman–Crippen LogP) is 0.781. The van der Waals surface area contributed by atoms with Crippen LogP contribution < -0.4 is 21.7 Å². The zero-order valence-corrected chi connectivity index (χ0v) is 18.5. The van der Waals surface area contributed by atoms with Gasteiger partial charge < -0.3 is 21.7 Å². The third-order valence-corrected chi connectivity index (χ3v) is 5.46. The molecule has 2 aromatic rings. The van der Waals surface area contributed by atoms with Gasteiger partial charge in [0.25, 0.3) is 0 Å². The van der Waals surface area contributed by atoms with Crippen LogP contribution in [-0.4, -0.2) is 51.3 Å². The Bertz CT molecular complexity index is 1040. The van der Waals surface area contributed by atoms with Gasteiger partial charge in [0.2, 0.25) is 11.9 Å². The van der Waals surface area contributed by atoms with Crippen molar-refractivity contribution < 1.29 is 4.79 Å². The van der Waals surface area contributed by atoms with Gasteiger partial charge in [0.1, 0.15) is 17.6 Å². The van der Waals surface area contributed by atoms with Crippen molar-refractivity contribution in [1.29, 1.82) is 5.26 Å². The summed E-state index contributed by atoms with van der Waals surface area (Å²) >= 11 is 1.42. The molecule has 0 bridgehead atoms. The summed E-state index contributed by atoms with van der Waals surface area (Å²) in [5.74, 6) is 0.544. The minimum Gasteiger partial charge on any atom is -0.393 e. The molecular formula is C21H25N9OS. The molecule has 1 amide bonds. The second-order valence-electron chi connectivity index (χ2n) is 7.05. The second kappa shape index (κ2) is 11.1. The van der Waals surface area contributed by atoms with Crippen molar-refractivity contribution >= 4 is 23.8 Å². The van der Waals surface area contributed by atoms with Gasteiger partial charge in [-0.3, -0.25) is 9.78 Å². The topological polar surface area (TPSA) is 150 Å². The number of nitriles is 1. The van der Waals surface area contributed by atoms with Crippen LogP contribution in [0.25, 0.3) is 0 Å². The molecule has 1 aliphatic rings. The number of aromatic nitrogens is 3. The van der Waals surface area contributed by atoms with Crippen molar-refractivity contribution in [3.05, 3.63) is 70.5 Å². The molecule has 3 heterocycles. The van der Waals surface area contributed by atoms with Crippen molar-refractivity contribution in [2.24, 2.45) is 11.5 Å². The third kappa shape index (κ3) is 6.97. The van der Waals surface area contributed by atoms with Gasteiger partial charge in [-0.1, -0.05) is 6.07 Å². The van der Waals surface area contributed by atoms with Gasteiger partial charge in [0.15, 0.2) is 0 Å². The van der Waals surface area contributed by atoms with E-state index in [1.165, 1.54) is 11.9 Å². The standard InChI is InChI=1S/C21H25N9OS/c1-15-12-17(14-22)27-21(26-15)29-8-10-30(11-9-29)32-19(24)6-5-18(23)28-20(31)13-16-4-2-3-7-25-16/h2-7,12H,8-11,13,23-24H2,1H3,(H,28,31)/b18-5+,19-6+. The van der Waals surface area contributed by atoms with E-state index in [4.69, 9.17) is 16.7 Å². The first-order valence-corrected chi connectivity index (χ1v) is 10.8. The molecule has 1 saturated heterocycles. The van der Waals surface area contributed by atoms with Crippen molar-refractivity contribution in [2.45, 2.75) is 13.3 Å². The minimum absolute atomic E-state index is 0.147. The van der Waals surface area contributed by atoms with Crippen molar-refractivity contribution in [1.82, 2.24) is 24.6 Å². The number of nitrogens with two attached hydrogens (primary N) is 2. The predicted molar refractivity (Wildman–Crippen MR) is 123 cm³/mol. The number of nitrogens with one attached hydrogen (secondary N) is 1. The summed E-state index contributed by atoms with van der Waals surface area (Å²) < 4.78 is 2.13. The van der Waals surface area contributed by atoms with Crippen LogP contribution in [0, 0.1) is 18.3 Å². The van der Waals surface area contributed by atoms with E-state index in [1.807, 2.05) is 13.0 Å². The van der Waals surface area contributed by atoms with Gasteiger partial charge in [-0.25, -0.2) is 14.3 Å². The van der Waals surface area contributed by atoms with Gasteiger partial charge in [-0.05, 0) is 49.2 Å². The Morgan fingerprint density at radius 1 is 1.25 bits per heavy atom. The highest BCUT2D eigenvalue weighted by Crippen LogP contribution is 2.21. The summed E-state index contributed by atoms with van der Waals surface area (Å²) in [7, 11) is 0. The van der Waals surface area contributed by atoms with Gasteiger partial charge in [0, 0.05) is 43.8 Å². The van der Waals surface area contributed by atoms with Crippen LogP contribution in [0.2, 0.25) is 0 Å². The summed E-state index contributed by atoms with van der Waals surface area (Å²) in [6.45, 7) is 4.78. The number of rotatable bonds is 7. The normalized spacial score (nSPS) is 15.3. The fraction of sp³-hybridized carbons (Fsp3) is 0.286. The van der Waals surface area contributed by atoms with E-state index in [-0.39, 0.29) is 18.1 Å². The molecule has 0 atom stereocenters. The van der Waals surface area contributed by atoms with Crippen molar-refractivity contribution in [3.63, 3.8) is 0 Å². The van der Waals surface area contributed by atoms with E-state index in [9.17, 15) is 4.79 Å². The third-order valence-electron chi connectivity index (χ3n) is 4.49. The Kier molecular flexibility index (Phi) is 8.02. The van der Waals surface area contributed by atoms with Crippen LogP contribution >= 0.6 is 11.9 Å². The molecule has 0 radical (unpaired) electrons. The first kappa shape index (κ1) is 23.1. The fourth-order valence-electron chi connectivity index (χ4n) is 3.00. The zero-order chi connectivity index (χ0) is 22.9. The number of carbonyl (C=O) groups is 1. The first-order valence-electron chi connectivity index (χ1n) is 9.99.